The van der Waals surface area contributed by atoms with Crippen LogP contribution in [0, 0.1) is 18.3 Å². The zero-order chi connectivity index (χ0) is 13.2. The van der Waals surface area contributed by atoms with Gasteiger partial charge in [-0.2, -0.15) is 5.26 Å². The summed E-state index contributed by atoms with van der Waals surface area (Å²) in [7, 11) is 0. The normalized spacial score (nSPS) is 23.8. The van der Waals surface area contributed by atoms with E-state index in [1.54, 1.807) is 0 Å². The minimum Gasteiger partial charge on any atom is -0.355 e. The summed E-state index contributed by atoms with van der Waals surface area (Å²) in [6, 6.07) is 6.75. The van der Waals surface area contributed by atoms with Gasteiger partial charge < -0.3 is 4.90 Å². The van der Waals surface area contributed by atoms with Crippen LogP contribution < -0.4 is 4.90 Å². The van der Waals surface area contributed by atoms with Gasteiger partial charge >= 0.3 is 0 Å². The second-order valence-corrected chi connectivity index (χ2v) is 5.55. The smallest absolute Gasteiger partial charge is 0.128 e. The van der Waals surface area contributed by atoms with Gasteiger partial charge in [0.05, 0.1) is 11.3 Å². The molecule has 0 N–H and O–H groups in total. The van der Waals surface area contributed by atoms with E-state index in [4.69, 9.17) is 5.26 Å². The maximum atomic E-state index is 8.95. The number of hydrogen-bond acceptors (Lipinski definition) is 4. The lowest BCUT2D eigenvalue weighted by Gasteiger charge is -2.24. The van der Waals surface area contributed by atoms with Gasteiger partial charge in [0.15, 0.2) is 0 Å². The molecule has 0 amide bonds. The molecule has 1 aromatic rings. The first kappa shape index (κ1) is 12.4. The number of aryl methyl sites for hydroxylation is 1. The summed E-state index contributed by atoms with van der Waals surface area (Å²) < 4.78 is 0. The fourth-order valence-corrected chi connectivity index (χ4v) is 3.20. The summed E-state index contributed by atoms with van der Waals surface area (Å²) in [6.45, 7) is 6.60. The molecule has 4 nitrogen and oxygen atoms in total. The molecule has 0 saturated carbocycles. The number of nitriles is 1. The van der Waals surface area contributed by atoms with Gasteiger partial charge in [0.25, 0.3) is 0 Å². The lowest BCUT2D eigenvalue weighted by atomic mass is 10.2. The lowest BCUT2D eigenvalue weighted by Crippen LogP contribution is -2.35. The van der Waals surface area contributed by atoms with Gasteiger partial charge in [-0.1, -0.05) is 0 Å². The van der Waals surface area contributed by atoms with Gasteiger partial charge in [-0.3, -0.25) is 4.90 Å². The molecule has 2 aliphatic rings. The maximum absolute atomic E-state index is 8.95. The van der Waals surface area contributed by atoms with Crippen molar-refractivity contribution in [3.05, 3.63) is 23.4 Å². The van der Waals surface area contributed by atoms with E-state index >= 15 is 0 Å². The van der Waals surface area contributed by atoms with Crippen LogP contribution in [0.5, 0.6) is 0 Å². The van der Waals surface area contributed by atoms with Crippen LogP contribution >= 0.6 is 0 Å². The minimum absolute atomic E-state index is 0.680. The molecule has 0 aromatic carbocycles. The van der Waals surface area contributed by atoms with Gasteiger partial charge in [0.1, 0.15) is 11.9 Å². The molecule has 1 aromatic heterocycles. The second-order valence-electron chi connectivity index (χ2n) is 5.55. The first-order valence-electron chi connectivity index (χ1n) is 7.14. The number of nitrogens with zero attached hydrogens (tertiary/aromatic N) is 4. The molecule has 0 bridgehead atoms. The molecule has 2 aliphatic heterocycles. The van der Waals surface area contributed by atoms with Crippen molar-refractivity contribution in [2.45, 2.75) is 32.2 Å². The molecule has 100 valence electrons. The van der Waals surface area contributed by atoms with Crippen LogP contribution in [0.15, 0.2) is 12.1 Å². The Hall–Kier alpha value is -1.60. The molecule has 2 saturated heterocycles. The first-order chi connectivity index (χ1) is 9.28. The van der Waals surface area contributed by atoms with Crippen LogP contribution in [0.25, 0.3) is 0 Å². The highest BCUT2D eigenvalue weighted by Crippen LogP contribution is 2.24. The maximum Gasteiger partial charge on any atom is 0.128 e. The number of hydrogen-bond donors (Lipinski definition) is 0. The molecule has 1 atom stereocenters. The van der Waals surface area contributed by atoms with Crippen molar-refractivity contribution in [3.63, 3.8) is 0 Å². The molecule has 0 aliphatic carbocycles. The van der Waals surface area contributed by atoms with E-state index in [0.717, 1.165) is 24.6 Å². The summed E-state index contributed by atoms with van der Waals surface area (Å²) in [4.78, 5) is 9.55. The summed E-state index contributed by atoms with van der Waals surface area (Å²) >= 11 is 0. The average molecular weight is 256 g/mol. The largest absolute Gasteiger partial charge is 0.355 e. The molecule has 0 spiro atoms. The molecule has 4 heteroatoms. The summed E-state index contributed by atoms with van der Waals surface area (Å²) in [6.07, 6.45) is 3.94. The van der Waals surface area contributed by atoms with E-state index < -0.39 is 0 Å². The summed E-state index contributed by atoms with van der Waals surface area (Å²) in [5.41, 5.74) is 1.52. The van der Waals surface area contributed by atoms with Gasteiger partial charge in [0, 0.05) is 19.1 Å². The molecule has 3 heterocycles. The quantitative estimate of drug-likeness (QED) is 0.811. The number of aromatic nitrogens is 1. The van der Waals surface area contributed by atoms with Crippen molar-refractivity contribution in [1.29, 1.82) is 5.26 Å². The Labute approximate surface area is 114 Å². The van der Waals surface area contributed by atoms with Crippen LogP contribution in [0.3, 0.4) is 0 Å². The van der Waals surface area contributed by atoms with Crippen LogP contribution in [-0.4, -0.2) is 42.1 Å². The van der Waals surface area contributed by atoms with Crippen molar-refractivity contribution in [3.8, 4) is 6.07 Å². The van der Waals surface area contributed by atoms with Gasteiger partial charge in [-0.05, 0) is 51.4 Å². The predicted octanol–water partition coefficient (Wildman–Crippen LogP) is 1.94. The van der Waals surface area contributed by atoms with Gasteiger partial charge in [-0.25, -0.2) is 4.98 Å². The summed E-state index contributed by atoms with van der Waals surface area (Å²) in [5.74, 6) is 1.03. The van der Waals surface area contributed by atoms with E-state index in [0.29, 0.717) is 11.6 Å². The van der Waals surface area contributed by atoms with Crippen molar-refractivity contribution < 1.29 is 0 Å². The minimum atomic E-state index is 0.680. The van der Waals surface area contributed by atoms with Crippen molar-refractivity contribution in [2.24, 2.45) is 0 Å². The fraction of sp³-hybridized carbons (Fsp3) is 0.600. The van der Waals surface area contributed by atoms with Crippen molar-refractivity contribution in [1.82, 2.24) is 9.88 Å². The zero-order valence-electron chi connectivity index (χ0n) is 11.5. The molecular weight excluding hydrogens is 236 g/mol. The van der Waals surface area contributed by atoms with E-state index in [9.17, 15) is 0 Å². The number of rotatable bonds is 2. The third kappa shape index (κ3) is 2.43. The first-order valence-corrected chi connectivity index (χ1v) is 7.14. The van der Waals surface area contributed by atoms with Crippen LogP contribution in [-0.2, 0) is 0 Å². The Balaban J connectivity index is 1.70. The Morgan fingerprint density at radius 1 is 1.26 bits per heavy atom. The van der Waals surface area contributed by atoms with E-state index in [2.05, 4.69) is 20.9 Å². The second kappa shape index (κ2) is 5.18. The Kier molecular flexibility index (Phi) is 3.39. The predicted molar refractivity (Wildman–Crippen MR) is 75.1 cm³/mol. The van der Waals surface area contributed by atoms with E-state index in [1.165, 1.54) is 32.4 Å². The van der Waals surface area contributed by atoms with Crippen molar-refractivity contribution in [2.75, 3.05) is 31.1 Å². The standard InChI is InChI=1S/C15H20N4/c1-12-13(10-16)4-5-15(17-12)19-9-6-14(11-19)18-7-2-3-8-18/h4-5,14H,2-3,6-9,11H2,1H3. The topological polar surface area (TPSA) is 43.2 Å². The lowest BCUT2D eigenvalue weighted by molar-refractivity contribution is 0.260. The molecule has 0 radical (unpaired) electrons. The molecule has 2 fully saturated rings. The Bertz CT molecular complexity index is 499. The molecular formula is C15H20N4. The summed E-state index contributed by atoms with van der Waals surface area (Å²) in [5, 5.41) is 8.95. The molecule has 19 heavy (non-hydrogen) atoms. The Morgan fingerprint density at radius 2 is 2.05 bits per heavy atom. The highest BCUT2D eigenvalue weighted by atomic mass is 15.3. The molecule has 3 rings (SSSR count). The van der Waals surface area contributed by atoms with Gasteiger partial charge in [0.2, 0.25) is 0 Å². The van der Waals surface area contributed by atoms with Gasteiger partial charge in [-0.15, -0.1) is 0 Å². The molecule has 1 unspecified atom stereocenters. The SMILES string of the molecule is Cc1nc(N2CCC(N3CCCC3)C2)ccc1C#N. The van der Waals surface area contributed by atoms with Crippen molar-refractivity contribution >= 4 is 5.82 Å². The highest BCUT2D eigenvalue weighted by Gasteiger charge is 2.29. The van der Waals surface area contributed by atoms with Crippen LogP contribution in [0.1, 0.15) is 30.5 Å². The average Bonchev–Trinajstić information content (AvgIpc) is 3.09. The number of pyridine rings is 1. The van der Waals surface area contributed by atoms with E-state index in [1.807, 2.05) is 19.1 Å². The number of anilines is 1. The zero-order valence-corrected chi connectivity index (χ0v) is 11.5. The Morgan fingerprint density at radius 3 is 2.74 bits per heavy atom. The van der Waals surface area contributed by atoms with Crippen LogP contribution in [0.4, 0.5) is 5.82 Å². The third-order valence-electron chi connectivity index (χ3n) is 4.34. The number of likely N-dealkylation sites (tertiary alicyclic amines) is 1. The third-order valence-corrected chi connectivity index (χ3v) is 4.34. The highest BCUT2D eigenvalue weighted by molar-refractivity contribution is 5.46. The van der Waals surface area contributed by atoms with Crippen LogP contribution in [0.2, 0.25) is 0 Å². The van der Waals surface area contributed by atoms with E-state index in [-0.39, 0.29) is 0 Å². The fourth-order valence-electron chi connectivity index (χ4n) is 3.20. The monoisotopic (exact) mass is 256 g/mol.